The first-order chi connectivity index (χ1) is 11.2. The van der Waals surface area contributed by atoms with Crippen LogP contribution in [0.15, 0.2) is 35.7 Å². The Morgan fingerprint density at radius 2 is 2.00 bits per heavy atom. The van der Waals surface area contributed by atoms with Crippen LogP contribution in [0.4, 0.5) is 4.79 Å². The van der Waals surface area contributed by atoms with Crippen LogP contribution in [-0.2, 0) is 6.42 Å². The first kappa shape index (κ1) is 15.2. The molecule has 2 aromatic rings. The van der Waals surface area contributed by atoms with Crippen molar-refractivity contribution in [3.8, 4) is 11.5 Å². The summed E-state index contributed by atoms with van der Waals surface area (Å²) < 4.78 is 10.4. The number of amides is 3. The molecule has 0 bridgehead atoms. The molecule has 0 atom stereocenters. The molecule has 1 aromatic heterocycles. The Morgan fingerprint density at radius 1 is 1.13 bits per heavy atom. The maximum Gasteiger partial charge on any atom is 0.333 e. The number of fused-ring (bicyclic) bond motifs is 1. The zero-order chi connectivity index (χ0) is 16.1. The van der Waals surface area contributed by atoms with Crippen molar-refractivity contribution in [3.63, 3.8) is 0 Å². The fourth-order valence-corrected chi connectivity index (χ4v) is 2.73. The molecule has 1 aliphatic heterocycles. The van der Waals surface area contributed by atoms with Crippen LogP contribution in [0.5, 0.6) is 11.5 Å². The van der Waals surface area contributed by atoms with E-state index in [1.807, 2.05) is 17.5 Å². The number of carbonyl (C=O) groups excluding carboxylic acids is 2. The Kier molecular flexibility index (Phi) is 4.62. The smallest absolute Gasteiger partial charge is 0.333 e. The van der Waals surface area contributed by atoms with Crippen LogP contribution in [0.1, 0.15) is 15.2 Å². The highest BCUT2D eigenvalue weighted by atomic mass is 32.1. The Bertz CT molecular complexity index is 703. The summed E-state index contributed by atoms with van der Waals surface area (Å²) in [7, 11) is 0. The van der Waals surface area contributed by atoms with Gasteiger partial charge in [-0.05, 0) is 36.1 Å². The molecule has 0 saturated carbocycles. The molecule has 0 fully saturated rings. The third-order valence-electron chi connectivity index (χ3n) is 3.16. The van der Waals surface area contributed by atoms with Gasteiger partial charge < -0.3 is 14.8 Å². The third-order valence-corrected chi connectivity index (χ3v) is 4.10. The van der Waals surface area contributed by atoms with Crippen LogP contribution in [0, 0.1) is 0 Å². The van der Waals surface area contributed by atoms with Crippen molar-refractivity contribution in [1.82, 2.24) is 16.2 Å². The number of rotatable bonds is 4. The highest BCUT2D eigenvalue weighted by Gasteiger charge is 2.16. The summed E-state index contributed by atoms with van der Waals surface area (Å²) in [4.78, 5) is 24.8. The van der Waals surface area contributed by atoms with Gasteiger partial charge in [-0.2, -0.15) is 0 Å². The van der Waals surface area contributed by atoms with Crippen LogP contribution < -0.4 is 25.6 Å². The van der Waals surface area contributed by atoms with Gasteiger partial charge >= 0.3 is 6.03 Å². The van der Waals surface area contributed by atoms with Crippen molar-refractivity contribution in [2.75, 3.05) is 13.3 Å². The number of thiophene rings is 1. The minimum atomic E-state index is -0.462. The monoisotopic (exact) mass is 333 g/mol. The van der Waals surface area contributed by atoms with Gasteiger partial charge in [0.2, 0.25) is 6.79 Å². The highest BCUT2D eigenvalue weighted by Crippen LogP contribution is 2.32. The maximum absolute atomic E-state index is 12.0. The van der Waals surface area contributed by atoms with E-state index in [1.165, 1.54) is 4.88 Å². The molecule has 7 nitrogen and oxygen atoms in total. The summed E-state index contributed by atoms with van der Waals surface area (Å²) in [5, 5.41) is 4.65. The SMILES string of the molecule is O=C(NCCc1cccs1)NNC(=O)c1ccc2c(c1)OCO2. The number of nitrogens with one attached hydrogen (secondary N) is 3. The molecule has 1 aromatic carbocycles. The number of hydrogen-bond donors (Lipinski definition) is 3. The van der Waals surface area contributed by atoms with Crippen LogP contribution in [-0.4, -0.2) is 25.3 Å². The molecular weight excluding hydrogens is 318 g/mol. The molecule has 3 rings (SSSR count). The van der Waals surface area contributed by atoms with E-state index in [1.54, 1.807) is 29.5 Å². The van der Waals surface area contributed by atoms with Crippen LogP contribution in [0.3, 0.4) is 0 Å². The summed E-state index contributed by atoms with van der Waals surface area (Å²) >= 11 is 1.64. The van der Waals surface area contributed by atoms with Gasteiger partial charge in [-0.15, -0.1) is 11.3 Å². The first-order valence-electron chi connectivity index (χ1n) is 6.98. The van der Waals surface area contributed by atoms with E-state index in [-0.39, 0.29) is 6.79 Å². The van der Waals surface area contributed by atoms with Gasteiger partial charge in [-0.1, -0.05) is 6.07 Å². The largest absolute Gasteiger partial charge is 0.454 e. The fraction of sp³-hybridized carbons (Fsp3) is 0.200. The van der Waals surface area contributed by atoms with E-state index >= 15 is 0 Å². The molecule has 0 unspecified atom stereocenters. The van der Waals surface area contributed by atoms with Gasteiger partial charge in [0, 0.05) is 17.0 Å². The number of ether oxygens (including phenoxy) is 2. The van der Waals surface area contributed by atoms with Gasteiger partial charge in [0.25, 0.3) is 5.91 Å². The minimum Gasteiger partial charge on any atom is -0.454 e. The van der Waals surface area contributed by atoms with Crippen LogP contribution in [0.25, 0.3) is 0 Å². The number of carbonyl (C=O) groups is 2. The van der Waals surface area contributed by atoms with Gasteiger partial charge in [-0.25, -0.2) is 10.2 Å². The minimum absolute atomic E-state index is 0.144. The van der Waals surface area contributed by atoms with Crippen LogP contribution >= 0.6 is 11.3 Å². The summed E-state index contributed by atoms with van der Waals surface area (Å²) in [6.07, 6.45) is 0.751. The van der Waals surface area contributed by atoms with E-state index in [0.717, 1.165) is 6.42 Å². The average molecular weight is 333 g/mol. The Morgan fingerprint density at radius 3 is 2.83 bits per heavy atom. The summed E-state index contributed by atoms with van der Waals surface area (Å²) in [6, 6.07) is 8.32. The molecule has 1 aliphatic rings. The number of hydrazine groups is 1. The lowest BCUT2D eigenvalue weighted by Gasteiger charge is -2.09. The second-order valence-electron chi connectivity index (χ2n) is 4.73. The molecular formula is C15H15N3O4S. The van der Waals surface area contributed by atoms with E-state index in [0.29, 0.717) is 23.6 Å². The second kappa shape index (κ2) is 7.01. The van der Waals surface area contributed by atoms with Gasteiger partial charge in [0.15, 0.2) is 11.5 Å². The average Bonchev–Trinajstić information content (AvgIpc) is 3.23. The topological polar surface area (TPSA) is 88.7 Å². The van der Waals surface area contributed by atoms with Gasteiger partial charge in [0.1, 0.15) is 0 Å². The molecule has 0 spiro atoms. The zero-order valence-electron chi connectivity index (χ0n) is 12.1. The van der Waals surface area contributed by atoms with Gasteiger partial charge in [0.05, 0.1) is 0 Å². The predicted molar refractivity (Wildman–Crippen MR) is 84.6 cm³/mol. The van der Waals surface area contributed by atoms with Crippen molar-refractivity contribution >= 4 is 23.3 Å². The summed E-state index contributed by atoms with van der Waals surface area (Å²) in [5.41, 5.74) is 5.02. The number of hydrogen-bond acceptors (Lipinski definition) is 5. The molecule has 120 valence electrons. The molecule has 2 heterocycles. The quantitative estimate of drug-likeness (QED) is 0.743. The highest BCUT2D eigenvalue weighted by molar-refractivity contribution is 7.09. The fourth-order valence-electron chi connectivity index (χ4n) is 2.02. The first-order valence-corrected chi connectivity index (χ1v) is 7.86. The summed E-state index contributed by atoms with van der Waals surface area (Å²) in [6.45, 7) is 0.636. The summed E-state index contributed by atoms with van der Waals surface area (Å²) in [5.74, 6) is 0.676. The lowest BCUT2D eigenvalue weighted by Crippen LogP contribution is -2.47. The van der Waals surface area contributed by atoms with E-state index in [9.17, 15) is 9.59 Å². The lowest BCUT2D eigenvalue weighted by molar-refractivity contribution is 0.0936. The molecule has 8 heteroatoms. The van der Waals surface area contributed by atoms with Crippen molar-refractivity contribution in [2.45, 2.75) is 6.42 Å². The van der Waals surface area contributed by atoms with Crippen LogP contribution in [0.2, 0.25) is 0 Å². The standard InChI is InChI=1S/C15H15N3O4S/c19-14(10-3-4-12-13(8-10)22-9-21-12)17-18-15(20)16-6-5-11-2-1-7-23-11/h1-4,7-8H,5-6,9H2,(H,17,19)(H2,16,18,20). The number of benzene rings is 1. The second-order valence-corrected chi connectivity index (χ2v) is 5.76. The zero-order valence-corrected chi connectivity index (χ0v) is 12.9. The van der Waals surface area contributed by atoms with Crippen molar-refractivity contribution in [2.24, 2.45) is 0 Å². The molecule has 3 amide bonds. The molecule has 0 aliphatic carbocycles. The number of urea groups is 1. The van der Waals surface area contributed by atoms with Crippen molar-refractivity contribution in [3.05, 3.63) is 46.2 Å². The Balaban J connectivity index is 1.42. The van der Waals surface area contributed by atoms with E-state index in [2.05, 4.69) is 16.2 Å². The molecule has 0 saturated heterocycles. The molecule has 0 radical (unpaired) electrons. The van der Waals surface area contributed by atoms with E-state index in [4.69, 9.17) is 9.47 Å². The van der Waals surface area contributed by atoms with E-state index < -0.39 is 11.9 Å². The maximum atomic E-state index is 12.0. The Hall–Kier alpha value is -2.74. The lowest BCUT2D eigenvalue weighted by atomic mass is 10.2. The van der Waals surface area contributed by atoms with Gasteiger partial charge in [-0.3, -0.25) is 10.2 Å². The van der Waals surface area contributed by atoms with Crippen molar-refractivity contribution < 1.29 is 19.1 Å². The normalized spacial score (nSPS) is 11.8. The third kappa shape index (κ3) is 3.92. The molecule has 3 N–H and O–H groups in total. The predicted octanol–water partition coefficient (Wildman–Crippen LogP) is 1.66. The Labute approximate surface area is 136 Å². The van der Waals surface area contributed by atoms with Crippen molar-refractivity contribution in [1.29, 1.82) is 0 Å². The molecule has 23 heavy (non-hydrogen) atoms.